The largest absolute Gasteiger partial charge is 0.463 e. The zero-order valence-corrected chi connectivity index (χ0v) is 20.0. The van der Waals surface area contributed by atoms with Crippen molar-refractivity contribution >= 4 is 40.9 Å². The lowest BCUT2D eigenvalue weighted by molar-refractivity contribution is -0.166. The Morgan fingerprint density at radius 2 is 1.70 bits per heavy atom. The summed E-state index contributed by atoms with van der Waals surface area (Å²) in [6.07, 6.45) is -3.31. The van der Waals surface area contributed by atoms with E-state index in [2.05, 4.69) is 20.3 Å². The van der Waals surface area contributed by atoms with Crippen LogP contribution in [0.3, 0.4) is 0 Å². The van der Waals surface area contributed by atoms with Gasteiger partial charge in [0.05, 0.1) is 6.33 Å². The van der Waals surface area contributed by atoms with E-state index >= 15 is 0 Å². The number of ether oxygens (including phenoxy) is 4. The third-order valence-electron chi connectivity index (χ3n) is 5.31. The molecule has 0 bridgehead atoms. The number of aromatic nitrogens is 4. The molecule has 1 aliphatic rings. The number of H-pyrrole nitrogens is 1. The lowest BCUT2D eigenvalue weighted by Gasteiger charge is -2.23. The Morgan fingerprint density at radius 1 is 1.03 bits per heavy atom. The van der Waals surface area contributed by atoms with Crippen LogP contribution in [0.15, 0.2) is 41.5 Å². The molecule has 0 aliphatic carbocycles. The highest BCUT2D eigenvalue weighted by molar-refractivity contribution is 6.03. The van der Waals surface area contributed by atoms with E-state index in [0.29, 0.717) is 5.56 Å². The van der Waals surface area contributed by atoms with Crippen LogP contribution < -0.4 is 10.9 Å². The zero-order chi connectivity index (χ0) is 26.7. The van der Waals surface area contributed by atoms with Crippen molar-refractivity contribution in [3.05, 3.63) is 52.6 Å². The molecule has 0 unspecified atom stereocenters. The standard InChI is InChI=1S/C23H23N5O9/c1-11(29)34-9-15-17(35-12(2)30)18(36-13(3)31)22(37-15)28-10-24-16-19(28)25-23(27-21(16)33)26-20(32)14-7-5-4-6-8-14/h4-8,10,15,17-18,22H,9H2,1-3H3,(H2,25,26,27,32,33)/t15-,17-,18-,22-/m1/s1/i26+1,27+1. The zero-order valence-electron chi connectivity index (χ0n) is 20.0. The second-order valence-electron chi connectivity index (χ2n) is 8.07. The van der Waals surface area contributed by atoms with Gasteiger partial charge in [-0.3, -0.25) is 38.8 Å². The van der Waals surface area contributed by atoms with E-state index in [-0.39, 0.29) is 23.7 Å². The molecule has 2 N–H and O–H groups in total. The van der Waals surface area contributed by atoms with Crippen LogP contribution in [0, 0.1) is 0 Å². The van der Waals surface area contributed by atoms with E-state index < -0.39 is 53.9 Å². The van der Waals surface area contributed by atoms with Crippen molar-refractivity contribution in [3.63, 3.8) is 0 Å². The van der Waals surface area contributed by atoms with E-state index in [1.165, 1.54) is 17.8 Å². The van der Waals surface area contributed by atoms with Crippen LogP contribution in [0.1, 0.15) is 37.4 Å². The lowest BCUT2D eigenvalue weighted by Crippen LogP contribution is -2.40. The number of carbonyl (C=O) groups excluding carboxylic acids is 4. The molecule has 4 rings (SSSR count). The van der Waals surface area contributed by atoms with Crippen LogP contribution in [0.4, 0.5) is 5.95 Å². The summed E-state index contributed by atoms with van der Waals surface area (Å²) in [7, 11) is 0. The summed E-state index contributed by atoms with van der Waals surface area (Å²) >= 11 is 0. The van der Waals surface area contributed by atoms with Crippen molar-refractivity contribution in [1.82, 2.24) is 19.5 Å². The Labute approximate surface area is 208 Å². The van der Waals surface area contributed by atoms with Gasteiger partial charge in [0.2, 0.25) is 5.95 Å². The summed E-state index contributed by atoms with van der Waals surface area (Å²) in [6.45, 7) is 3.21. The number of carbonyl (C=O) groups is 4. The van der Waals surface area contributed by atoms with E-state index in [1.54, 1.807) is 30.3 Å². The summed E-state index contributed by atoms with van der Waals surface area (Å²) in [5, 5.41) is 2.52. The lowest BCUT2D eigenvalue weighted by atomic mass is 10.1. The first kappa shape index (κ1) is 25.5. The molecule has 0 radical (unpaired) electrons. The Balaban J connectivity index is 1.72. The molecule has 14 heteroatoms. The molecule has 1 amide bonds. The summed E-state index contributed by atoms with van der Waals surface area (Å²) in [5.41, 5.74) is -0.410. The van der Waals surface area contributed by atoms with Crippen LogP contribution in [0.5, 0.6) is 0 Å². The maximum absolute atomic E-state index is 12.7. The number of nitrogens with zero attached hydrogens (tertiary/aromatic N) is 3. The van der Waals surface area contributed by atoms with E-state index in [9.17, 15) is 24.0 Å². The Kier molecular flexibility index (Phi) is 7.29. The minimum Gasteiger partial charge on any atom is -0.463 e. The van der Waals surface area contributed by atoms with E-state index in [4.69, 9.17) is 18.9 Å². The SMILES string of the molecule is CC(=O)OC[C@H]1O[C@@H](n2cnc3c(=O)[15nH]c([15NH]C(=O)c4ccccc4)nc32)[C@H](OC(C)=O)[C@@H]1OC(C)=O. The number of imidazole rings is 1. The number of amides is 1. The smallest absolute Gasteiger partial charge is 0.303 e. The summed E-state index contributed by atoms with van der Waals surface area (Å²) < 4.78 is 23.1. The van der Waals surface area contributed by atoms with Crippen molar-refractivity contribution in [2.75, 3.05) is 11.9 Å². The number of rotatable bonds is 7. The fraction of sp³-hybridized carbons (Fsp3) is 0.348. The van der Waals surface area contributed by atoms with Crippen molar-refractivity contribution in [3.8, 4) is 0 Å². The first-order valence-electron chi connectivity index (χ1n) is 11.1. The minimum atomic E-state index is -1.21. The molecule has 0 spiro atoms. The van der Waals surface area contributed by atoms with Crippen molar-refractivity contribution < 1.29 is 38.1 Å². The fourth-order valence-electron chi connectivity index (χ4n) is 3.86. The molecule has 37 heavy (non-hydrogen) atoms. The number of aromatic amines is 1. The van der Waals surface area contributed by atoms with Crippen LogP contribution >= 0.6 is 0 Å². The quantitative estimate of drug-likeness (QED) is 0.257. The normalized spacial score (nSPS) is 20.8. The van der Waals surface area contributed by atoms with E-state index in [0.717, 1.165) is 13.8 Å². The number of fused-ring (bicyclic) bond motifs is 1. The third-order valence-corrected chi connectivity index (χ3v) is 5.31. The third kappa shape index (κ3) is 5.64. The number of hydrogen-bond donors (Lipinski definition) is 2. The second-order valence-corrected chi connectivity index (χ2v) is 8.07. The minimum absolute atomic E-state index is 0.0102. The molecule has 194 valence electrons. The highest BCUT2D eigenvalue weighted by Crippen LogP contribution is 2.35. The van der Waals surface area contributed by atoms with Gasteiger partial charge in [0.15, 0.2) is 29.6 Å². The average Bonchev–Trinajstić information content (AvgIpc) is 3.39. The molecule has 1 aromatic carbocycles. The Hall–Kier alpha value is -4.59. The van der Waals surface area contributed by atoms with Gasteiger partial charge in [-0.05, 0) is 12.1 Å². The van der Waals surface area contributed by atoms with Gasteiger partial charge in [0.25, 0.3) is 11.5 Å². The molecular weight excluding hydrogens is 492 g/mol. The van der Waals surface area contributed by atoms with E-state index in [1.807, 2.05) is 0 Å². The van der Waals surface area contributed by atoms with Gasteiger partial charge in [0.1, 0.15) is 12.7 Å². The fourth-order valence-corrected chi connectivity index (χ4v) is 3.86. The van der Waals surface area contributed by atoms with Crippen molar-refractivity contribution in [1.29, 1.82) is 0 Å². The number of benzene rings is 1. The first-order valence-corrected chi connectivity index (χ1v) is 11.1. The molecule has 2 aromatic heterocycles. The summed E-state index contributed by atoms with van der Waals surface area (Å²) in [6, 6.07) is 8.29. The number of hydrogen-bond acceptors (Lipinski definition) is 11. The first-order chi connectivity index (χ1) is 17.6. The topological polar surface area (TPSA) is 181 Å². The van der Waals surface area contributed by atoms with Gasteiger partial charge < -0.3 is 18.9 Å². The van der Waals surface area contributed by atoms with Crippen molar-refractivity contribution in [2.24, 2.45) is 0 Å². The van der Waals surface area contributed by atoms with Crippen molar-refractivity contribution in [2.45, 2.75) is 45.3 Å². The molecule has 14 nitrogen and oxygen atoms in total. The van der Waals surface area contributed by atoms with Crippen LogP contribution in [-0.4, -0.2) is 68.3 Å². The molecule has 3 heterocycles. The monoisotopic (exact) mass is 515 g/mol. The number of esters is 3. The molecule has 1 aliphatic heterocycles. The van der Waals surface area contributed by atoms with Gasteiger partial charge in [-0.1, -0.05) is 18.2 Å². The van der Waals surface area contributed by atoms with Crippen LogP contribution in [0.2, 0.25) is 0 Å². The molecule has 1 fully saturated rings. The Bertz CT molecular complexity index is 1400. The van der Waals surface area contributed by atoms with Gasteiger partial charge in [-0.2, -0.15) is 4.98 Å². The molecule has 4 atom stereocenters. The number of anilines is 1. The maximum Gasteiger partial charge on any atom is 0.303 e. The van der Waals surface area contributed by atoms with Crippen LogP contribution in [0.25, 0.3) is 11.2 Å². The van der Waals surface area contributed by atoms with Crippen LogP contribution in [-0.2, 0) is 33.3 Å². The molecular formula is C23H23N5O9. The summed E-state index contributed by atoms with van der Waals surface area (Å²) in [4.78, 5) is 71.1. The predicted octanol–water partition coefficient (Wildman–Crippen LogP) is 0.696. The number of nitrogens with one attached hydrogen (secondary N) is 2. The molecule has 1 saturated heterocycles. The van der Waals surface area contributed by atoms with Gasteiger partial charge in [-0.15, -0.1) is 0 Å². The summed E-state index contributed by atoms with van der Waals surface area (Å²) in [5.74, 6) is -2.66. The maximum atomic E-state index is 12.7. The highest BCUT2D eigenvalue weighted by Gasteiger charge is 2.51. The predicted molar refractivity (Wildman–Crippen MR) is 124 cm³/mol. The van der Waals surface area contributed by atoms with Gasteiger partial charge in [0, 0.05) is 26.3 Å². The van der Waals surface area contributed by atoms with Gasteiger partial charge in [-0.25, -0.2) is 4.98 Å². The van der Waals surface area contributed by atoms with Gasteiger partial charge >= 0.3 is 17.9 Å². The molecule has 0 saturated carbocycles. The second kappa shape index (κ2) is 10.6. The average molecular weight is 515 g/mol. The molecule has 3 aromatic rings. The highest BCUT2D eigenvalue weighted by atomic mass is 16.7. The Morgan fingerprint density at radius 3 is 2.35 bits per heavy atom.